The fourth-order valence-electron chi connectivity index (χ4n) is 2.46. The Balaban J connectivity index is 1.66. The summed E-state index contributed by atoms with van der Waals surface area (Å²) in [5.74, 6) is 1.88. The summed E-state index contributed by atoms with van der Waals surface area (Å²) in [5.41, 5.74) is 1.86. The average Bonchev–Trinajstić information content (AvgIpc) is 3.13. The number of hydrogen-bond acceptors (Lipinski definition) is 6. The van der Waals surface area contributed by atoms with Crippen LogP contribution in [0.15, 0.2) is 36.4 Å². The molecule has 0 aliphatic heterocycles. The van der Waals surface area contributed by atoms with Crippen molar-refractivity contribution in [2.75, 3.05) is 12.4 Å². The fraction of sp³-hybridized carbons (Fsp3) is 0.278. The van der Waals surface area contributed by atoms with Crippen LogP contribution in [0.2, 0.25) is 10.0 Å². The molecule has 2 aromatic carbocycles. The number of rotatable bonds is 8. The van der Waals surface area contributed by atoms with Gasteiger partial charge in [0.2, 0.25) is 5.95 Å². The first-order valence-corrected chi connectivity index (χ1v) is 9.10. The summed E-state index contributed by atoms with van der Waals surface area (Å²) in [6.45, 7) is 3.54. The minimum atomic E-state index is 0.315. The van der Waals surface area contributed by atoms with Crippen molar-refractivity contribution in [2.24, 2.45) is 0 Å². The average molecular weight is 408 g/mol. The van der Waals surface area contributed by atoms with E-state index in [1.807, 2.05) is 31.2 Å². The lowest BCUT2D eigenvalue weighted by Gasteiger charge is -2.13. The van der Waals surface area contributed by atoms with Crippen LogP contribution in [-0.2, 0) is 19.7 Å². The number of hydrogen-bond donors (Lipinski definition) is 1. The minimum absolute atomic E-state index is 0.315. The van der Waals surface area contributed by atoms with Crippen molar-refractivity contribution in [2.45, 2.75) is 26.6 Å². The second kappa shape index (κ2) is 8.92. The molecule has 0 aliphatic carbocycles. The molecule has 0 saturated heterocycles. The third-order valence-corrected chi connectivity index (χ3v) is 4.50. The molecule has 0 bridgehead atoms. The Morgan fingerprint density at radius 1 is 1.11 bits per heavy atom. The zero-order valence-corrected chi connectivity index (χ0v) is 16.5. The topological polar surface area (TPSA) is 74.1 Å². The van der Waals surface area contributed by atoms with Crippen molar-refractivity contribution in [1.82, 2.24) is 20.2 Å². The SMILES string of the molecule is CCn1nnnc1NCc1ccc(OCc2ccc(Cl)cc2Cl)c(OC)c1. The van der Waals surface area contributed by atoms with E-state index in [4.69, 9.17) is 32.7 Å². The predicted octanol–water partition coefficient (Wildman–Crippen LogP) is 4.20. The minimum Gasteiger partial charge on any atom is -0.493 e. The molecule has 0 spiro atoms. The van der Waals surface area contributed by atoms with E-state index >= 15 is 0 Å². The monoisotopic (exact) mass is 407 g/mol. The van der Waals surface area contributed by atoms with Crippen molar-refractivity contribution < 1.29 is 9.47 Å². The third kappa shape index (κ3) is 4.81. The highest BCUT2D eigenvalue weighted by molar-refractivity contribution is 6.35. The molecule has 0 unspecified atom stereocenters. The van der Waals surface area contributed by atoms with E-state index in [9.17, 15) is 0 Å². The van der Waals surface area contributed by atoms with Gasteiger partial charge in [0.25, 0.3) is 0 Å². The first-order chi connectivity index (χ1) is 13.1. The highest BCUT2D eigenvalue weighted by Gasteiger charge is 2.09. The number of aromatic nitrogens is 4. The van der Waals surface area contributed by atoms with Crippen LogP contribution in [0, 0.1) is 0 Å². The summed E-state index contributed by atoms with van der Waals surface area (Å²) < 4.78 is 13.0. The summed E-state index contributed by atoms with van der Waals surface area (Å²) in [6.07, 6.45) is 0. The number of ether oxygens (including phenoxy) is 2. The number of nitrogens with one attached hydrogen (secondary N) is 1. The van der Waals surface area contributed by atoms with Crippen LogP contribution in [-0.4, -0.2) is 27.3 Å². The van der Waals surface area contributed by atoms with Gasteiger partial charge in [0, 0.05) is 28.7 Å². The molecular weight excluding hydrogens is 389 g/mol. The third-order valence-electron chi connectivity index (χ3n) is 3.91. The first-order valence-electron chi connectivity index (χ1n) is 8.34. The van der Waals surface area contributed by atoms with E-state index in [1.165, 1.54) is 0 Å². The summed E-state index contributed by atoms with van der Waals surface area (Å²) in [6, 6.07) is 11.0. The van der Waals surface area contributed by atoms with Crippen LogP contribution < -0.4 is 14.8 Å². The Morgan fingerprint density at radius 2 is 1.96 bits per heavy atom. The van der Waals surface area contributed by atoms with Gasteiger partial charge in [0.1, 0.15) is 6.61 Å². The van der Waals surface area contributed by atoms with Gasteiger partial charge in [0.05, 0.1) is 7.11 Å². The molecule has 0 atom stereocenters. The predicted molar refractivity (Wildman–Crippen MR) is 105 cm³/mol. The molecule has 1 heterocycles. The molecule has 0 radical (unpaired) electrons. The molecule has 1 N–H and O–H groups in total. The Hall–Kier alpha value is -2.51. The van der Waals surface area contributed by atoms with E-state index in [0.717, 1.165) is 11.1 Å². The summed E-state index contributed by atoms with van der Waals surface area (Å²) in [7, 11) is 1.60. The summed E-state index contributed by atoms with van der Waals surface area (Å²) in [5, 5.41) is 15.9. The molecule has 1 aromatic heterocycles. The quantitative estimate of drug-likeness (QED) is 0.602. The van der Waals surface area contributed by atoms with Crippen LogP contribution in [0.1, 0.15) is 18.1 Å². The van der Waals surface area contributed by atoms with Gasteiger partial charge < -0.3 is 14.8 Å². The van der Waals surface area contributed by atoms with Gasteiger partial charge in [0.15, 0.2) is 11.5 Å². The van der Waals surface area contributed by atoms with Gasteiger partial charge in [-0.15, -0.1) is 0 Å². The van der Waals surface area contributed by atoms with E-state index in [1.54, 1.807) is 23.9 Å². The zero-order chi connectivity index (χ0) is 19.2. The second-order valence-corrected chi connectivity index (χ2v) is 6.53. The number of anilines is 1. The summed E-state index contributed by atoms with van der Waals surface area (Å²) in [4.78, 5) is 0. The first kappa shape index (κ1) is 19.3. The Morgan fingerprint density at radius 3 is 2.70 bits per heavy atom. The van der Waals surface area contributed by atoms with Gasteiger partial charge in [-0.1, -0.05) is 40.4 Å². The number of halogens is 2. The van der Waals surface area contributed by atoms with Gasteiger partial charge in [-0.05, 0) is 47.2 Å². The molecule has 0 saturated carbocycles. The highest BCUT2D eigenvalue weighted by atomic mass is 35.5. The molecule has 27 heavy (non-hydrogen) atoms. The van der Waals surface area contributed by atoms with Gasteiger partial charge in [-0.25, -0.2) is 4.68 Å². The molecule has 3 aromatic rings. The van der Waals surface area contributed by atoms with Gasteiger partial charge in [-0.3, -0.25) is 0 Å². The van der Waals surface area contributed by atoms with Crippen LogP contribution in [0.25, 0.3) is 0 Å². The van der Waals surface area contributed by atoms with E-state index in [-0.39, 0.29) is 0 Å². The molecule has 0 aliphatic rings. The second-order valence-electron chi connectivity index (χ2n) is 5.68. The number of tetrazole rings is 1. The molecule has 7 nitrogen and oxygen atoms in total. The molecule has 0 amide bonds. The molecule has 9 heteroatoms. The Kier molecular flexibility index (Phi) is 6.36. The number of methoxy groups -OCH3 is 1. The van der Waals surface area contributed by atoms with Crippen molar-refractivity contribution in [1.29, 1.82) is 0 Å². The Labute approximate surface area is 167 Å². The number of aryl methyl sites for hydroxylation is 1. The smallest absolute Gasteiger partial charge is 0.243 e. The molecule has 0 fully saturated rings. The lowest BCUT2D eigenvalue weighted by atomic mass is 10.2. The largest absolute Gasteiger partial charge is 0.493 e. The normalized spacial score (nSPS) is 10.7. The van der Waals surface area contributed by atoms with E-state index in [2.05, 4.69) is 20.8 Å². The molecule has 142 valence electrons. The van der Waals surface area contributed by atoms with Gasteiger partial charge >= 0.3 is 0 Å². The lowest BCUT2D eigenvalue weighted by molar-refractivity contribution is 0.284. The van der Waals surface area contributed by atoms with Crippen LogP contribution in [0.5, 0.6) is 11.5 Å². The zero-order valence-electron chi connectivity index (χ0n) is 14.9. The van der Waals surface area contributed by atoms with Crippen molar-refractivity contribution in [3.63, 3.8) is 0 Å². The van der Waals surface area contributed by atoms with Crippen molar-refractivity contribution in [3.8, 4) is 11.5 Å². The van der Waals surface area contributed by atoms with Crippen molar-refractivity contribution in [3.05, 3.63) is 57.6 Å². The maximum Gasteiger partial charge on any atom is 0.243 e. The highest BCUT2D eigenvalue weighted by Crippen LogP contribution is 2.30. The van der Waals surface area contributed by atoms with Crippen LogP contribution in [0.3, 0.4) is 0 Å². The standard InChI is InChI=1S/C18H19Cl2N5O2/c1-3-25-18(22-23-24-25)21-10-12-4-7-16(17(8-12)26-2)27-11-13-5-6-14(19)9-15(13)20/h4-9H,3,10-11H2,1-2H3,(H,21,22,24). The van der Waals surface area contributed by atoms with E-state index < -0.39 is 0 Å². The molecule has 3 rings (SSSR count). The van der Waals surface area contributed by atoms with E-state index in [0.29, 0.717) is 47.2 Å². The maximum absolute atomic E-state index is 6.19. The van der Waals surface area contributed by atoms with Crippen LogP contribution in [0.4, 0.5) is 5.95 Å². The number of benzene rings is 2. The van der Waals surface area contributed by atoms with Crippen molar-refractivity contribution >= 4 is 29.2 Å². The summed E-state index contributed by atoms with van der Waals surface area (Å²) >= 11 is 12.1. The molecular formula is C18H19Cl2N5O2. The van der Waals surface area contributed by atoms with Crippen LogP contribution >= 0.6 is 23.2 Å². The van der Waals surface area contributed by atoms with Gasteiger partial charge in [-0.2, -0.15) is 0 Å². The Bertz CT molecular complexity index is 917. The maximum atomic E-state index is 6.19. The fourth-order valence-corrected chi connectivity index (χ4v) is 2.92. The lowest BCUT2D eigenvalue weighted by Crippen LogP contribution is -2.08. The number of nitrogens with zero attached hydrogens (tertiary/aromatic N) is 4.